The fourth-order valence-corrected chi connectivity index (χ4v) is 10.1. The van der Waals surface area contributed by atoms with Crippen LogP contribution in [0.5, 0.6) is 0 Å². The SMILES string of the molecule is CC.CC.CC.CC.CC.CC(C)(C)c1ccc2c(c1)C=CC2.CC(C)(C)c1ccc2c(c1)CC=C2.CC(C)(C)c1ccc2c(c1)cc1n2CCC1.CC(C)(C)c1cccc2c1C=CC2.CC(C)(C)c1cccc2c1CC=C2. The van der Waals surface area contributed by atoms with Crippen LogP contribution in [0.25, 0.3) is 35.2 Å². The van der Waals surface area contributed by atoms with Gasteiger partial charge in [0.15, 0.2) is 0 Å². The molecule has 5 aliphatic rings. The van der Waals surface area contributed by atoms with Crippen LogP contribution in [0.1, 0.15) is 258 Å². The van der Waals surface area contributed by atoms with Gasteiger partial charge in [-0.05, 0) is 156 Å². The van der Waals surface area contributed by atoms with Gasteiger partial charge in [-0.25, -0.2) is 0 Å². The molecule has 0 amide bonds. The summed E-state index contributed by atoms with van der Waals surface area (Å²) in [5, 5.41) is 1.42. The molecule has 78 heavy (non-hydrogen) atoms. The van der Waals surface area contributed by atoms with E-state index in [0.29, 0.717) is 0 Å². The summed E-state index contributed by atoms with van der Waals surface area (Å²) in [5.41, 5.74) is 23.2. The number of aryl methyl sites for hydroxylation is 2. The van der Waals surface area contributed by atoms with E-state index in [1.165, 1.54) is 108 Å². The van der Waals surface area contributed by atoms with Gasteiger partial charge < -0.3 is 4.57 Å². The monoisotopic (exact) mass is 1050 g/mol. The lowest BCUT2D eigenvalue weighted by molar-refractivity contribution is 0.584. The quantitative estimate of drug-likeness (QED) is 0.143. The maximum atomic E-state index is 2.47. The molecule has 0 saturated heterocycles. The molecule has 6 aromatic rings. The first-order valence-electron chi connectivity index (χ1n) is 30.7. The number of rotatable bonds is 0. The van der Waals surface area contributed by atoms with Gasteiger partial charge in [0.25, 0.3) is 0 Å². The van der Waals surface area contributed by atoms with Crippen molar-refractivity contribution in [2.45, 2.75) is 245 Å². The van der Waals surface area contributed by atoms with Crippen molar-refractivity contribution in [3.63, 3.8) is 0 Å². The second kappa shape index (κ2) is 31.4. The van der Waals surface area contributed by atoms with Crippen molar-refractivity contribution in [3.05, 3.63) is 199 Å². The Kier molecular flexibility index (Phi) is 27.7. The lowest BCUT2D eigenvalue weighted by Crippen LogP contribution is -2.13. The van der Waals surface area contributed by atoms with Gasteiger partial charge in [-0.1, -0.05) is 301 Å². The topological polar surface area (TPSA) is 4.93 Å². The van der Waals surface area contributed by atoms with Gasteiger partial charge in [0, 0.05) is 23.1 Å². The average molecular weight is 1050 g/mol. The van der Waals surface area contributed by atoms with Gasteiger partial charge in [0.05, 0.1) is 0 Å². The van der Waals surface area contributed by atoms with E-state index in [2.05, 4.69) is 254 Å². The molecule has 0 bridgehead atoms. The van der Waals surface area contributed by atoms with Gasteiger partial charge in [-0.15, -0.1) is 0 Å². The van der Waals surface area contributed by atoms with E-state index in [1.807, 2.05) is 69.2 Å². The molecular weight excluding hydrogens is 939 g/mol. The van der Waals surface area contributed by atoms with Crippen molar-refractivity contribution in [1.29, 1.82) is 0 Å². The third-order valence-corrected chi connectivity index (χ3v) is 14.2. The third-order valence-electron chi connectivity index (χ3n) is 14.2. The van der Waals surface area contributed by atoms with E-state index >= 15 is 0 Å². The first-order valence-corrected chi connectivity index (χ1v) is 30.7. The van der Waals surface area contributed by atoms with Gasteiger partial charge in [-0.3, -0.25) is 0 Å². The molecule has 0 saturated carbocycles. The molecule has 0 N–H and O–H groups in total. The highest BCUT2D eigenvalue weighted by atomic mass is 15.0. The lowest BCUT2D eigenvalue weighted by atomic mass is 9.82. The van der Waals surface area contributed by atoms with E-state index in [-0.39, 0.29) is 27.1 Å². The van der Waals surface area contributed by atoms with Gasteiger partial charge in [-0.2, -0.15) is 0 Å². The average Bonchev–Trinajstić information content (AvgIpc) is 4.29. The fraction of sp³-hybridized carbons (Fsp3) is 0.481. The van der Waals surface area contributed by atoms with Crippen LogP contribution in [-0.4, -0.2) is 4.57 Å². The Morgan fingerprint density at radius 2 is 0.833 bits per heavy atom. The summed E-state index contributed by atoms with van der Waals surface area (Å²) in [6.07, 6.45) is 24.9. The predicted octanol–water partition coefficient (Wildman–Crippen LogP) is 23.2. The van der Waals surface area contributed by atoms with Crippen LogP contribution in [0.15, 0.2) is 121 Å². The first-order chi connectivity index (χ1) is 36.9. The molecule has 5 aromatic carbocycles. The van der Waals surface area contributed by atoms with Crippen LogP contribution >= 0.6 is 0 Å². The summed E-state index contributed by atoms with van der Waals surface area (Å²) in [4.78, 5) is 0. The normalized spacial score (nSPS) is 13.4. The van der Waals surface area contributed by atoms with Crippen LogP contribution in [0.3, 0.4) is 0 Å². The second-order valence-electron chi connectivity index (χ2n) is 24.9. The first kappa shape index (κ1) is 68.7. The van der Waals surface area contributed by atoms with Crippen molar-refractivity contribution in [3.8, 4) is 0 Å². The molecule has 2 heterocycles. The van der Waals surface area contributed by atoms with E-state index in [0.717, 1.165) is 25.7 Å². The Bertz CT molecular complexity index is 2860. The third kappa shape index (κ3) is 19.2. The molecule has 0 atom stereocenters. The van der Waals surface area contributed by atoms with Gasteiger partial charge >= 0.3 is 0 Å². The zero-order valence-electron chi connectivity index (χ0n) is 54.8. The Hall–Kier alpha value is -5.40. The fourth-order valence-electron chi connectivity index (χ4n) is 10.1. The Morgan fingerprint density at radius 3 is 1.44 bits per heavy atom. The van der Waals surface area contributed by atoms with Crippen molar-refractivity contribution in [2.75, 3.05) is 0 Å². The highest BCUT2D eigenvalue weighted by Gasteiger charge is 2.22. The zero-order chi connectivity index (χ0) is 59.2. The molecule has 0 spiro atoms. The van der Waals surface area contributed by atoms with Crippen molar-refractivity contribution >= 4 is 35.2 Å². The second-order valence-corrected chi connectivity index (χ2v) is 24.9. The minimum absolute atomic E-state index is 0.251. The summed E-state index contributed by atoms with van der Waals surface area (Å²) in [6.45, 7) is 55.2. The Balaban J connectivity index is 0.000000321. The van der Waals surface area contributed by atoms with E-state index in [9.17, 15) is 0 Å². The summed E-state index contributed by atoms with van der Waals surface area (Å²) in [7, 11) is 0. The summed E-state index contributed by atoms with van der Waals surface area (Å²) < 4.78 is 2.47. The summed E-state index contributed by atoms with van der Waals surface area (Å²) in [5.74, 6) is 0. The molecule has 0 radical (unpaired) electrons. The number of hydrogen-bond donors (Lipinski definition) is 0. The van der Waals surface area contributed by atoms with Gasteiger partial charge in [0.2, 0.25) is 0 Å². The van der Waals surface area contributed by atoms with Crippen LogP contribution in [-0.2, 0) is 65.7 Å². The number of hydrogen-bond acceptors (Lipinski definition) is 0. The molecule has 1 nitrogen and oxygen atoms in total. The number of allylic oxidation sites excluding steroid dienone is 4. The van der Waals surface area contributed by atoms with Gasteiger partial charge in [0.1, 0.15) is 0 Å². The minimum atomic E-state index is 0.251. The molecule has 1 aliphatic heterocycles. The molecule has 4 aliphatic carbocycles. The number of benzene rings is 5. The van der Waals surface area contributed by atoms with Crippen LogP contribution in [0.4, 0.5) is 0 Å². The van der Waals surface area contributed by atoms with E-state index in [4.69, 9.17) is 0 Å². The van der Waals surface area contributed by atoms with Crippen molar-refractivity contribution < 1.29 is 0 Å². The highest BCUT2D eigenvalue weighted by Crippen LogP contribution is 2.35. The maximum Gasteiger partial charge on any atom is 0.0482 e. The molecule has 11 rings (SSSR count). The summed E-state index contributed by atoms with van der Waals surface area (Å²) in [6, 6.07) is 36.2. The Labute approximate surface area is 481 Å². The standard InChI is InChI=1S/C15H19N.4C13H16.5C2H6/c1-15(2,3)12-6-7-14-11(9-12)10-13-5-4-8-16(13)14;2*1-13(2,3)12-9-5-7-10-6-4-8-11(10)12;2*1-13(2,3)12-8-7-10-5-4-6-11(10)9-12;5*1-2/h6-7,9-10H,4-5,8H2,1-3H3;4-5,7-9H,6H2,1-3H3;4-7,9H,8H2,1-3H3;4,6-9H,5H2,1-3H3;4-5,7-9H,6H2,1-3H3;5*1-2H3. The van der Waals surface area contributed by atoms with E-state index in [1.54, 1.807) is 0 Å². The van der Waals surface area contributed by atoms with Crippen molar-refractivity contribution in [2.24, 2.45) is 0 Å². The predicted molar refractivity (Wildman–Crippen MR) is 357 cm³/mol. The minimum Gasteiger partial charge on any atom is -0.345 e. The molecule has 0 unspecified atom stereocenters. The largest absolute Gasteiger partial charge is 0.345 e. The maximum absolute atomic E-state index is 2.47. The summed E-state index contributed by atoms with van der Waals surface area (Å²) >= 11 is 0. The molecular formula is C77H113N. The zero-order valence-corrected chi connectivity index (χ0v) is 54.8. The van der Waals surface area contributed by atoms with Crippen molar-refractivity contribution in [1.82, 2.24) is 4.57 Å². The van der Waals surface area contributed by atoms with Crippen LogP contribution in [0, 0.1) is 0 Å². The van der Waals surface area contributed by atoms with Crippen LogP contribution in [0.2, 0.25) is 0 Å². The molecule has 1 heteroatoms. The number of fused-ring (bicyclic) bond motifs is 7. The smallest absolute Gasteiger partial charge is 0.0482 e. The van der Waals surface area contributed by atoms with Crippen LogP contribution < -0.4 is 0 Å². The lowest BCUT2D eigenvalue weighted by Gasteiger charge is -2.22. The highest BCUT2D eigenvalue weighted by molar-refractivity contribution is 5.83. The molecule has 0 fully saturated rings. The molecule has 1 aromatic heterocycles. The number of aromatic nitrogens is 1. The van der Waals surface area contributed by atoms with E-state index < -0.39 is 0 Å². The molecule has 426 valence electrons. The Morgan fingerprint density at radius 1 is 0.359 bits per heavy atom. The number of nitrogens with zero attached hydrogens (tertiary/aromatic N) is 1.